The first-order chi connectivity index (χ1) is 9.18. The average molecular weight is 264 g/mol. The van der Waals surface area contributed by atoms with Gasteiger partial charge in [0.25, 0.3) is 5.91 Å². The molecule has 0 bridgehead atoms. The zero-order valence-electron chi connectivity index (χ0n) is 11.2. The molecule has 1 aromatic rings. The third-order valence-electron chi connectivity index (χ3n) is 3.37. The molecule has 2 rings (SSSR count). The Kier molecular flexibility index (Phi) is 4.60. The summed E-state index contributed by atoms with van der Waals surface area (Å²) < 4.78 is 5.19. The fourth-order valence-corrected chi connectivity index (χ4v) is 2.28. The Morgan fingerprint density at radius 3 is 2.53 bits per heavy atom. The predicted octanol–water partition coefficient (Wildman–Crippen LogP) is 1.96. The van der Waals surface area contributed by atoms with Crippen LogP contribution < -0.4 is 0 Å². The van der Waals surface area contributed by atoms with Crippen LogP contribution in [-0.4, -0.2) is 41.0 Å². The van der Waals surface area contributed by atoms with Gasteiger partial charge in [-0.3, -0.25) is 4.79 Å². The van der Waals surface area contributed by atoms with Gasteiger partial charge in [-0.1, -0.05) is 12.8 Å². The van der Waals surface area contributed by atoms with Crippen molar-refractivity contribution in [2.75, 3.05) is 13.1 Å². The fourth-order valence-electron chi connectivity index (χ4n) is 2.28. The van der Waals surface area contributed by atoms with Crippen molar-refractivity contribution >= 4 is 11.9 Å². The molecule has 5 heteroatoms. The minimum Gasteiger partial charge on any atom is -0.448 e. The highest BCUT2D eigenvalue weighted by atomic mass is 16.5. The summed E-state index contributed by atoms with van der Waals surface area (Å²) in [5.41, 5.74) is 0.371. The van der Waals surface area contributed by atoms with Crippen LogP contribution in [0.3, 0.4) is 0 Å². The smallest absolute Gasteiger partial charge is 0.355 e. The van der Waals surface area contributed by atoms with E-state index in [0.29, 0.717) is 5.69 Å². The maximum atomic E-state index is 12.2. The Hall–Kier alpha value is -1.78. The summed E-state index contributed by atoms with van der Waals surface area (Å²) in [5.74, 6) is -0.581. The van der Waals surface area contributed by atoms with Crippen molar-refractivity contribution < 1.29 is 14.3 Å². The molecule has 1 N–H and O–H groups in total. The van der Waals surface area contributed by atoms with Crippen molar-refractivity contribution in [3.05, 3.63) is 24.0 Å². The Morgan fingerprint density at radius 1 is 1.26 bits per heavy atom. The third kappa shape index (κ3) is 3.59. The molecule has 0 spiro atoms. The second kappa shape index (κ2) is 6.41. The van der Waals surface area contributed by atoms with Gasteiger partial charge in [-0.2, -0.15) is 0 Å². The minimum atomic E-state index is -0.728. The maximum absolute atomic E-state index is 12.2. The molecule has 0 aromatic carbocycles. The highest BCUT2D eigenvalue weighted by molar-refractivity contribution is 5.90. The van der Waals surface area contributed by atoms with Crippen LogP contribution in [0.1, 0.15) is 43.1 Å². The SMILES string of the molecule is C[C@@H](OC(=O)c1ccc[nH]1)C(=O)N1CCCCCC1. The van der Waals surface area contributed by atoms with Gasteiger partial charge in [0.15, 0.2) is 6.10 Å². The molecule has 1 atom stereocenters. The predicted molar refractivity (Wildman–Crippen MR) is 70.7 cm³/mol. The first-order valence-electron chi connectivity index (χ1n) is 6.81. The van der Waals surface area contributed by atoms with E-state index in [1.54, 1.807) is 30.2 Å². The van der Waals surface area contributed by atoms with Gasteiger partial charge in [-0.25, -0.2) is 4.79 Å². The molecule has 0 unspecified atom stereocenters. The van der Waals surface area contributed by atoms with Gasteiger partial charge in [0.1, 0.15) is 5.69 Å². The summed E-state index contributed by atoms with van der Waals surface area (Å²) in [6.45, 7) is 3.17. The second-order valence-corrected chi connectivity index (χ2v) is 4.87. The lowest BCUT2D eigenvalue weighted by Crippen LogP contribution is -2.40. The number of rotatable bonds is 3. The molecule has 1 saturated heterocycles. The van der Waals surface area contributed by atoms with Crippen molar-refractivity contribution in [2.24, 2.45) is 0 Å². The molecule has 0 radical (unpaired) electrons. The van der Waals surface area contributed by atoms with Crippen LogP contribution >= 0.6 is 0 Å². The van der Waals surface area contributed by atoms with Gasteiger partial charge >= 0.3 is 5.97 Å². The van der Waals surface area contributed by atoms with Crippen LogP contribution in [0.5, 0.6) is 0 Å². The third-order valence-corrected chi connectivity index (χ3v) is 3.37. The molecule has 0 aliphatic carbocycles. The lowest BCUT2D eigenvalue weighted by atomic mass is 10.2. The van der Waals surface area contributed by atoms with E-state index < -0.39 is 12.1 Å². The van der Waals surface area contributed by atoms with E-state index in [9.17, 15) is 9.59 Å². The molecule has 1 fully saturated rings. The quantitative estimate of drug-likeness (QED) is 0.849. The molecule has 2 heterocycles. The van der Waals surface area contributed by atoms with Gasteiger partial charge < -0.3 is 14.6 Å². The largest absolute Gasteiger partial charge is 0.448 e. The van der Waals surface area contributed by atoms with E-state index >= 15 is 0 Å². The van der Waals surface area contributed by atoms with Gasteiger partial charge in [0, 0.05) is 19.3 Å². The number of carbonyl (C=O) groups is 2. The number of aromatic nitrogens is 1. The van der Waals surface area contributed by atoms with Crippen molar-refractivity contribution in [2.45, 2.75) is 38.7 Å². The topological polar surface area (TPSA) is 62.4 Å². The summed E-state index contributed by atoms with van der Waals surface area (Å²) in [5, 5.41) is 0. The van der Waals surface area contributed by atoms with Crippen molar-refractivity contribution in [3.8, 4) is 0 Å². The van der Waals surface area contributed by atoms with E-state index in [1.807, 2.05) is 0 Å². The monoisotopic (exact) mass is 264 g/mol. The Balaban J connectivity index is 1.89. The molecular weight excluding hydrogens is 244 g/mol. The summed E-state index contributed by atoms with van der Waals surface area (Å²) in [7, 11) is 0. The Labute approximate surface area is 112 Å². The number of hydrogen-bond acceptors (Lipinski definition) is 3. The second-order valence-electron chi connectivity index (χ2n) is 4.87. The number of esters is 1. The highest BCUT2D eigenvalue weighted by Gasteiger charge is 2.25. The van der Waals surface area contributed by atoms with E-state index in [-0.39, 0.29) is 5.91 Å². The van der Waals surface area contributed by atoms with Crippen molar-refractivity contribution in [3.63, 3.8) is 0 Å². The summed E-state index contributed by atoms with van der Waals surface area (Å²) in [6.07, 6.45) is 5.32. The van der Waals surface area contributed by atoms with Crippen molar-refractivity contribution in [1.82, 2.24) is 9.88 Å². The minimum absolute atomic E-state index is 0.0955. The number of H-pyrrole nitrogens is 1. The number of likely N-dealkylation sites (tertiary alicyclic amines) is 1. The van der Waals surface area contributed by atoms with Crippen molar-refractivity contribution in [1.29, 1.82) is 0 Å². The first kappa shape index (κ1) is 13.6. The van der Waals surface area contributed by atoms with Gasteiger partial charge in [-0.15, -0.1) is 0 Å². The number of nitrogens with one attached hydrogen (secondary N) is 1. The highest BCUT2D eigenvalue weighted by Crippen LogP contribution is 2.12. The zero-order chi connectivity index (χ0) is 13.7. The molecule has 1 aliphatic rings. The molecule has 1 aliphatic heterocycles. The zero-order valence-corrected chi connectivity index (χ0v) is 11.2. The fraction of sp³-hybridized carbons (Fsp3) is 0.571. The number of hydrogen-bond donors (Lipinski definition) is 1. The molecule has 104 valence electrons. The first-order valence-corrected chi connectivity index (χ1v) is 6.81. The van der Waals surface area contributed by atoms with E-state index in [0.717, 1.165) is 25.9 Å². The molecule has 1 aromatic heterocycles. The van der Waals surface area contributed by atoms with Crippen LogP contribution in [0.2, 0.25) is 0 Å². The maximum Gasteiger partial charge on any atom is 0.355 e. The normalized spacial score (nSPS) is 17.6. The Bertz CT molecular complexity index is 420. The van der Waals surface area contributed by atoms with Crippen LogP contribution in [-0.2, 0) is 9.53 Å². The number of amides is 1. The number of carbonyl (C=O) groups excluding carboxylic acids is 2. The lowest BCUT2D eigenvalue weighted by molar-refractivity contribution is -0.139. The van der Waals surface area contributed by atoms with Crippen LogP contribution in [0, 0.1) is 0 Å². The standard InChI is InChI=1S/C14H20N2O3/c1-11(19-14(18)12-7-6-8-15-12)13(17)16-9-4-2-3-5-10-16/h6-8,11,15H,2-5,9-10H2,1H3/t11-/m1/s1. The molecule has 5 nitrogen and oxygen atoms in total. The van der Waals surface area contributed by atoms with Gasteiger partial charge in [-0.05, 0) is 31.9 Å². The molecule has 19 heavy (non-hydrogen) atoms. The molecule has 1 amide bonds. The summed E-state index contributed by atoms with van der Waals surface area (Å²) in [4.78, 5) is 28.5. The van der Waals surface area contributed by atoms with Crippen LogP contribution in [0.15, 0.2) is 18.3 Å². The lowest BCUT2D eigenvalue weighted by Gasteiger charge is -2.23. The van der Waals surface area contributed by atoms with Gasteiger partial charge in [0.2, 0.25) is 0 Å². The number of ether oxygens (including phenoxy) is 1. The van der Waals surface area contributed by atoms with Crippen LogP contribution in [0.4, 0.5) is 0 Å². The summed E-state index contributed by atoms with van der Waals surface area (Å²) in [6, 6.07) is 3.35. The van der Waals surface area contributed by atoms with E-state index in [2.05, 4.69) is 4.98 Å². The van der Waals surface area contributed by atoms with E-state index in [1.165, 1.54) is 12.8 Å². The average Bonchev–Trinajstić information content (AvgIpc) is 2.81. The number of nitrogens with zero attached hydrogens (tertiary/aromatic N) is 1. The molecular formula is C14H20N2O3. The van der Waals surface area contributed by atoms with E-state index in [4.69, 9.17) is 4.74 Å². The Morgan fingerprint density at radius 2 is 1.95 bits per heavy atom. The summed E-state index contributed by atoms with van der Waals surface area (Å²) >= 11 is 0. The molecule has 0 saturated carbocycles. The van der Waals surface area contributed by atoms with Crippen LogP contribution in [0.25, 0.3) is 0 Å². The van der Waals surface area contributed by atoms with Gasteiger partial charge in [0.05, 0.1) is 0 Å². The number of aromatic amines is 1.